The van der Waals surface area contributed by atoms with Crippen molar-refractivity contribution in [2.45, 2.75) is 6.04 Å². The van der Waals surface area contributed by atoms with E-state index in [1.807, 2.05) is 29.0 Å². The number of hydrogen-bond acceptors (Lipinski definition) is 2. The second-order valence-electron chi connectivity index (χ2n) is 4.21. The Kier molecular flexibility index (Phi) is 1.96. The Bertz CT molecular complexity index is 455. The fraction of sp³-hybridized carbons (Fsp3) is 0.333. The number of pyridine rings is 1. The van der Waals surface area contributed by atoms with E-state index in [0.717, 1.165) is 13.1 Å². The summed E-state index contributed by atoms with van der Waals surface area (Å²) in [5.41, 5.74) is 2.41. The average molecular weight is 215 g/mol. The number of likely N-dealkylation sites (N-methyl/N-ethyl adjacent to an activating group) is 1. The number of fused-ring (bicyclic) bond motifs is 2. The van der Waals surface area contributed by atoms with E-state index in [1.165, 1.54) is 11.1 Å². The molecule has 1 atom stereocenters. The summed E-state index contributed by atoms with van der Waals surface area (Å²) in [4.78, 5) is 19.5. The third kappa shape index (κ3) is 1.23. The highest BCUT2D eigenvalue weighted by molar-refractivity contribution is 5.85. The van der Waals surface area contributed by atoms with E-state index < -0.39 is 0 Å². The predicted octanol–water partition coefficient (Wildman–Crippen LogP) is 1.21. The molecule has 3 heterocycles. The van der Waals surface area contributed by atoms with Crippen LogP contribution >= 0.6 is 0 Å². The minimum absolute atomic E-state index is 0.130. The first kappa shape index (κ1) is 9.39. The van der Waals surface area contributed by atoms with Gasteiger partial charge in [-0.15, -0.1) is 0 Å². The summed E-state index contributed by atoms with van der Waals surface area (Å²) in [5, 5.41) is 0. The van der Waals surface area contributed by atoms with Crippen molar-refractivity contribution in [1.82, 2.24) is 14.8 Å². The molecule has 3 rings (SSSR count). The third-order valence-corrected chi connectivity index (χ3v) is 3.34. The minimum Gasteiger partial charge on any atom is -0.319 e. The summed E-state index contributed by atoms with van der Waals surface area (Å²) >= 11 is 0. The van der Waals surface area contributed by atoms with Gasteiger partial charge in [0.05, 0.1) is 6.04 Å². The molecule has 2 bridgehead atoms. The van der Waals surface area contributed by atoms with Crippen molar-refractivity contribution in [1.29, 1.82) is 0 Å². The molecule has 2 aliphatic rings. The molecular weight excluding hydrogens is 202 g/mol. The highest BCUT2D eigenvalue weighted by atomic mass is 16.2. The van der Waals surface area contributed by atoms with E-state index in [1.54, 1.807) is 12.4 Å². The quantitative estimate of drug-likeness (QED) is 0.706. The van der Waals surface area contributed by atoms with Crippen molar-refractivity contribution in [2.75, 3.05) is 20.1 Å². The largest absolute Gasteiger partial charge is 0.320 e. The zero-order chi connectivity index (χ0) is 11.1. The number of rotatable bonds is 1. The van der Waals surface area contributed by atoms with Gasteiger partial charge in [0.25, 0.3) is 0 Å². The molecular formula is C12H13N3O. The van der Waals surface area contributed by atoms with Gasteiger partial charge in [-0.3, -0.25) is 4.98 Å². The molecule has 0 radical (unpaired) electrons. The molecule has 1 aromatic rings. The van der Waals surface area contributed by atoms with Gasteiger partial charge in [-0.25, -0.2) is 4.79 Å². The Labute approximate surface area is 94.2 Å². The van der Waals surface area contributed by atoms with Crippen molar-refractivity contribution in [3.8, 4) is 0 Å². The van der Waals surface area contributed by atoms with Crippen LogP contribution in [0.1, 0.15) is 5.56 Å². The summed E-state index contributed by atoms with van der Waals surface area (Å²) in [5.74, 6) is 0. The molecule has 1 aromatic heterocycles. The first-order valence-corrected chi connectivity index (χ1v) is 5.39. The van der Waals surface area contributed by atoms with Gasteiger partial charge in [0, 0.05) is 32.5 Å². The molecule has 2 aliphatic heterocycles. The predicted molar refractivity (Wildman–Crippen MR) is 60.7 cm³/mol. The molecule has 1 fully saturated rings. The SMILES string of the molecule is CN1C(=O)N2CC=C(c3ccncc3)C1C2. The Balaban J connectivity index is 1.99. The molecule has 0 aliphatic carbocycles. The molecule has 0 saturated carbocycles. The van der Waals surface area contributed by atoms with Crippen molar-refractivity contribution in [3.05, 3.63) is 36.2 Å². The highest BCUT2D eigenvalue weighted by Crippen LogP contribution is 2.30. The molecule has 0 spiro atoms. The molecule has 2 amide bonds. The van der Waals surface area contributed by atoms with Crippen molar-refractivity contribution < 1.29 is 4.79 Å². The van der Waals surface area contributed by atoms with Crippen LogP contribution in [0.2, 0.25) is 0 Å². The van der Waals surface area contributed by atoms with Gasteiger partial charge >= 0.3 is 6.03 Å². The smallest absolute Gasteiger partial charge is 0.319 e. The van der Waals surface area contributed by atoms with Crippen LogP contribution in [0.5, 0.6) is 0 Å². The van der Waals surface area contributed by atoms with Gasteiger partial charge in [-0.1, -0.05) is 6.08 Å². The van der Waals surface area contributed by atoms with E-state index in [2.05, 4.69) is 11.1 Å². The minimum atomic E-state index is 0.130. The topological polar surface area (TPSA) is 36.4 Å². The van der Waals surface area contributed by atoms with E-state index in [-0.39, 0.29) is 12.1 Å². The summed E-state index contributed by atoms with van der Waals surface area (Å²) in [7, 11) is 1.87. The van der Waals surface area contributed by atoms with Crippen molar-refractivity contribution in [2.24, 2.45) is 0 Å². The van der Waals surface area contributed by atoms with Gasteiger partial charge in [0.1, 0.15) is 0 Å². The zero-order valence-corrected chi connectivity index (χ0v) is 9.13. The van der Waals surface area contributed by atoms with Crippen molar-refractivity contribution in [3.63, 3.8) is 0 Å². The maximum Gasteiger partial charge on any atom is 0.320 e. The van der Waals surface area contributed by atoms with Gasteiger partial charge in [0.2, 0.25) is 0 Å². The number of aromatic nitrogens is 1. The van der Waals surface area contributed by atoms with E-state index in [4.69, 9.17) is 0 Å². The van der Waals surface area contributed by atoms with Crippen LogP contribution in [-0.4, -0.2) is 47.0 Å². The lowest BCUT2D eigenvalue weighted by molar-refractivity contribution is 0.202. The molecule has 1 saturated heterocycles. The van der Waals surface area contributed by atoms with Gasteiger partial charge in [-0.05, 0) is 23.3 Å². The summed E-state index contributed by atoms with van der Waals surface area (Å²) in [6, 6.07) is 4.32. The second-order valence-corrected chi connectivity index (χ2v) is 4.21. The molecule has 1 unspecified atom stereocenters. The number of hydrogen-bond donors (Lipinski definition) is 0. The number of carbonyl (C=O) groups excluding carboxylic acids is 1. The summed E-state index contributed by atoms with van der Waals surface area (Å²) in [6.07, 6.45) is 5.73. The highest BCUT2D eigenvalue weighted by Gasteiger charge is 2.39. The second kappa shape index (κ2) is 3.33. The zero-order valence-electron chi connectivity index (χ0n) is 9.13. The van der Waals surface area contributed by atoms with Gasteiger partial charge < -0.3 is 9.80 Å². The number of nitrogens with zero attached hydrogens (tertiary/aromatic N) is 3. The number of urea groups is 1. The maximum atomic E-state index is 11.8. The normalized spacial score (nSPS) is 23.7. The standard InChI is InChI=1S/C12H13N3O/c1-14-11-8-15(12(14)16)7-4-10(11)9-2-5-13-6-3-9/h2-6,11H,7-8H2,1H3. The maximum absolute atomic E-state index is 11.8. The van der Waals surface area contributed by atoms with Gasteiger partial charge in [-0.2, -0.15) is 0 Å². The number of amides is 2. The Morgan fingerprint density at radius 2 is 2.12 bits per heavy atom. The fourth-order valence-electron chi connectivity index (χ4n) is 2.42. The molecule has 0 N–H and O–H groups in total. The Hall–Kier alpha value is -1.84. The van der Waals surface area contributed by atoms with E-state index in [0.29, 0.717) is 0 Å². The lowest BCUT2D eigenvalue weighted by Crippen LogP contribution is -2.30. The van der Waals surface area contributed by atoms with Crippen LogP contribution in [0.4, 0.5) is 4.79 Å². The summed E-state index contributed by atoms with van der Waals surface area (Å²) in [6.45, 7) is 1.53. The van der Waals surface area contributed by atoms with E-state index in [9.17, 15) is 4.79 Å². The van der Waals surface area contributed by atoms with Crippen LogP contribution in [0.25, 0.3) is 5.57 Å². The molecule has 16 heavy (non-hydrogen) atoms. The lowest BCUT2D eigenvalue weighted by atomic mass is 9.97. The molecule has 0 aromatic carbocycles. The monoisotopic (exact) mass is 215 g/mol. The fourth-order valence-corrected chi connectivity index (χ4v) is 2.42. The van der Waals surface area contributed by atoms with Crippen LogP contribution in [0.15, 0.2) is 30.6 Å². The first-order valence-electron chi connectivity index (χ1n) is 5.39. The molecule has 4 heteroatoms. The Morgan fingerprint density at radius 3 is 2.88 bits per heavy atom. The lowest BCUT2D eigenvalue weighted by Gasteiger charge is -2.23. The van der Waals surface area contributed by atoms with Gasteiger partial charge in [0.15, 0.2) is 0 Å². The third-order valence-electron chi connectivity index (χ3n) is 3.34. The van der Waals surface area contributed by atoms with Crippen LogP contribution in [0.3, 0.4) is 0 Å². The number of carbonyl (C=O) groups is 1. The molecule has 82 valence electrons. The van der Waals surface area contributed by atoms with Crippen LogP contribution in [-0.2, 0) is 0 Å². The summed E-state index contributed by atoms with van der Waals surface area (Å²) < 4.78 is 0. The average Bonchev–Trinajstić information content (AvgIpc) is 2.56. The van der Waals surface area contributed by atoms with Crippen LogP contribution in [0, 0.1) is 0 Å². The van der Waals surface area contributed by atoms with Crippen LogP contribution < -0.4 is 0 Å². The first-order chi connectivity index (χ1) is 7.77. The van der Waals surface area contributed by atoms with Crippen molar-refractivity contribution >= 4 is 11.6 Å². The molecule has 4 nitrogen and oxygen atoms in total. The van der Waals surface area contributed by atoms with E-state index >= 15 is 0 Å². The Morgan fingerprint density at radius 1 is 1.38 bits per heavy atom.